The van der Waals surface area contributed by atoms with Crippen molar-refractivity contribution < 1.29 is 19.5 Å². The standard InChI is InChI=1S/C42H54N4O4S/c1-6-7-27-8-12-29(13-9-27)31-16-17-34(26(2)20-31)32-22-43-38(44-23-32)30-14-10-28(11-15-30)21-35(40(48)46-24-33(25-46)41(49)50)45-39(47)36-18-19-37(51-36)42(3,4)5/h10-11,14-15,17-19,22-23,26-27,29,31,33,35H,6-9,12-13,16,20-21,24-25H2,1-5H3,(H,45,47)(H,49,50)/t26?,27-,29-,31?,35?. The topological polar surface area (TPSA) is 112 Å². The number of hydrogen-bond donors (Lipinski definition) is 2. The number of hydrogen-bond acceptors (Lipinski definition) is 6. The number of rotatable bonds is 11. The van der Waals surface area contributed by atoms with Gasteiger partial charge in [0.1, 0.15) is 6.04 Å². The zero-order valence-corrected chi connectivity index (χ0v) is 31.7. The van der Waals surface area contributed by atoms with Gasteiger partial charge in [-0.15, -0.1) is 11.3 Å². The van der Waals surface area contributed by atoms with Crippen LogP contribution in [0.4, 0.5) is 0 Å². The summed E-state index contributed by atoms with van der Waals surface area (Å²) in [5, 5.41) is 12.3. The van der Waals surface area contributed by atoms with E-state index in [1.165, 1.54) is 66.8 Å². The van der Waals surface area contributed by atoms with Gasteiger partial charge in [0.2, 0.25) is 5.91 Å². The third-order valence-corrected chi connectivity index (χ3v) is 12.9. The Balaban J connectivity index is 1.09. The summed E-state index contributed by atoms with van der Waals surface area (Å²) in [5.41, 5.74) is 4.12. The van der Waals surface area contributed by atoms with Gasteiger partial charge in [-0.05, 0) is 78.0 Å². The molecule has 0 spiro atoms. The Morgan fingerprint density at radius 1 is 0.961 bits per heavy atom. The zero-order valence-electron chi connectivity index (χ0n) is 30.9. The van der Waals surface area contributed by atoms with Crippen molar-refractivity contribution in [3.05, 3.63) is 75.7 Å². The third kappa shape index (κ3) is 8.79. The molecule has 2 amide bonds. The SMILES string of the molecule is CCC[C@H]1CC[C@H](C2CC=C(c3cnc(-c4ccc(CC(NC(=O)c5ccc(C(C)(C)C)s5)C(=O)N5CC(C(=O)O)C5)cc4)nc3)C(C)C2)CC1. The summed E-state index contributed by atoms with van der Waals surface area (Å²) in [7, 11) is 0. The van der Waals surface area contributed by atoms with E-state index in [0.29, 0.717) is 16.6 Å². The van der Waals surface area contributed by atoms with Crippen molar-refractivity contribution in [1.82, 2.24) is 20.2 Å². The van der Waals surface area contributed by atoms with E-state index in [-0.39, 0.29) is 36.7 Å². The predicted molar refractivity (Wildman–Crippen MR) is 203 cm³/mol. The number of thiophene rings is 1. The lowest BCUT2D eigenvalue weighted by molar-refractivity contribution is -0.153. The minimum atomic E-state index is -0.910. The van der Waals surface area contributed by atoms with Crippen molar-refractivity contribution >= 4 is 34.7 Å². The highest BCUT2D eigenvalue weighted by molar-refractivity contribution is 7.14. The maximum Gasteiger partial charge on any atom is 0.310 e. The second-order valence-corrected chi connectivity index (χ2v) is 17.4. The molecule has 1 saturated heterocycles. The second kappa shape index (κ2) is 15.8. The summed E-state index contributed by atoms with van der Waals surface area (Å²) in [6.45, 7) is 11.3. The normalized spacial score (nSPS) is 23.2. The van der Waals surface area contributed by atoms with E-state index in [4.69, 9.17) is 9.97 Å². The summed E-state index contributed by atoms with van der Waals surface area (Å²) < 4.78 is 0. The molecule has 1 aliphatic heterocycles. The smallest absolute Gasteiger partial charge is 0.310 e. The average Bonchev–Trinajstić information content (AvgIpc) is 3.60. The van der Waals surface area contributed by atoms with Crippen LogP contribution in [0.5, 0.6) is 0 Å². The lowest BCUT2D eigenvalue weighted by atomic mass is 9.68. The number of aromatic nitrogens is 2. The molecule has 51 heavy (non-hydrogen) atoms. The molecule has 2 aromatic heterocycles. The first-order valence-corrected chi connectivity index (χ1v) is 19.8. The molecule has 3 heterocycles. The van der Waals surface area contributed by atoms with Crippen molar-refractivity contribution in [3.63, 3.8) is 0 Å². The molecule has 3 aromatic rings. The maximum atomic E-state index is 13.5. The number of allylic oxidation sites excluding steroid dienone is 2. The van der Waals surface area contributed by atoms with Gasteiger partial charge in [0.25, 0.3) is 5.91 Å². The monoisotopic (exact) mass is 710 g/mol. The summed E-state index contributed by atoms with van der Waals surface area (Å²) >= 11 is 1.42. The van der Waals surface area contributed by atoms with Crippen molar-refractivity contribution in [2.24, 2.45) is 29.6 Å². The fourth-order valence-corrected chi connectivity index (χ4v) is 9.25. The fourth-order valence-electron chi connectivity index (χ4n) is 8.28. The molecule has 9 heteroatoms. The highest BCUT2D eigenvalue weighted by atomic mass is 32.1. The highest BCUT2D eigenvalue weighted by Crippen LogP contribution is 2.44. The molecule has 1 aromatic carbocycles. The minimum absolute atomic E-state index is 0.0878. The van der Waals surface area contributed by atoms with Gasteiger partial charge in [-0.1, -0.05) is 90.6 Å². The summed E-state index contributed by atoms with van der Waals surface area (Å²) in [6, 6.07) is 10.7. The maximum absolute atomic E-state index is 13.5. The van der Waals surface area contributed by atoms with E-state index >= 15 is 0 Å². The van der Waals surface area contributed by atoms with Crippen LogP contribution in [0.3, 0.4) is 0 Å². The molecule has 2 aliphatic carbocycles. The van der Waals surface area contributed by atoms with Crippen molar-refractivity contribution in [1.29, 1.82) is 0 Å². The summed E-state index contributed by atoms with van der Waals surface area (Å²) in [6.07, 6.45) is 17.3. The van der Waals surface area contributed by atoms with Crippen molar-refractivity contribution in [2.75, 3.05) is 13.1 Å². The van der Waals surface area contributed by atoms with E-state index in [1.807, 2.05) is 42.7 Å². The Labute approximate surface area is 307 Å². The van der Waals surface area contributed by atoms with Crippen molar-refractivity contribution in [2.45, 2.75) is 104 Å². The number of carbonyl (C=O) groups is 3. The first kappa shape index (κ1) is 36.9. The molecule has 8 nitrogen and oxygen atoms in total. The Bertz CT molecular complexity index is 1710. The molecule has 2 fully saturated rings. The highest BCUT2D eigenvalue weighted by Gasteiger charge is 2.39. The molecule has 1 saturated carbocycles. The number of carbonyl (C=O) groups excluding carboxylic acids is 2. The number of aliphatic carboxylic acids is 1. The van der Waals surface area contributed by atoms with Crippen LogP contribution in [-0.2, 0) is 21.4 Å². The lowest BCUT2D eigenvalue weighted by Crippen LogP contribution is -2.59. The number of nitrogens with one attached hydrogen (secondary N) is 1. The van der Waals surface area contributed by atoms with Crippen LogP contribution in [0.1, 0.15) is 112 Å². The van der Waals surface area contributed by atoms with Gasteiger partial charge in [0, 0.05) is 47.9 Å². The van der Waals surface area contributed by atoms with Crippen LogP contribution in [-0.4, -0.2) is 56.9 Å². The molecule has 2 N–H and O–H groups in total. The van der Waals surface area contributed by atoms with Gasteiger partial charge < -0.3 is 15.3 Å². The van der Waals surface area contributed by atoms with Crippen LogP contribution < -0.4 is 5.32 Å². The summed E-state index contributed by atoms with van der Waals surface area (Å²) in [4.78, 5) is 50.9. The second-order valence-electron chi connectivity index (χ2n) is 16.3. The van der Waals surface area contributed by atoms with E-state index in [0.717, 1.165) is 45.7 Å². The number of benzene rings is 1. The number of amides is 2. The lowest BCUT2D eigenvalue weighted by Gasteiger charge is -2.38. The van der Waals surface area contributed by atoms with E-state index in [2.05, 4.69) is 46.0 Å². The molecule has 0 radical (unpaired) electrons. The van der Waals surface area contributed by atoms with Gasteiger partial charge in [0.15, 0.2) is 5.82 Å². The Morgan fingerprint density at radius 2 is 1.65 bits per heavy atom. The van der Waals surface area contributed by atoms with Gasteiger partial charge >= 0.3 is 5.97 Å². The minimum Gasteiger partial charge on any atom is -0.481 e. The number of carboxylic acid groups (broad SMARTS) is 1. The molecular formula is C42H54N4O4S. The van der Waals surface area contributed by atoms with Crippen LogP contribution in [0.2, 0.25) is 0 Å². The van der Waals surface area contributed by atoms with Crippen LogP contribution in [0, 0.1) is 29.6 Å². The van der Waals surface area contributed by atoms with Crippen LogP contribution >= 0.6 is 11.3 Å². The van der Waals surface area contributed by atoms with Gasteiger partial charge in [-0.2, -0.15) is 0 Å². The van der Waals surface area contributed by atoms with Crippen LogP contribution in [0.25, 0.3) is 17.0 Å². The number of nitrogens with zero attached hydrogens (tertiary/aromatic N) is 3. The average molecular weight is 711 g/mol. The Morgan fingerprint density at radius 3 is 2.24 bits per heavy atom. The molecule has 0 bridgehead atoms. The fraction of sp³-hybridized carbons (Fsp3) is 0.548. The third-order valence-electron chi connectivity index (χ3n) is 11.4. The molecule has 6 rings (SSSR count). The van der Waals surface area contributed by atoms with E-state index in [9.17, 15) is 19.5 Å². The van der Waals surface area contributed by atoms with Gasteiger partial charge in [-0.3, -0.25) is 14.4 Å². The first-order chi connectivity index (χ1) is 24.4. The number of carboxylic acids is 1. The molecule has 3 unspecified atom stereocenters. The Kier molecular flexibility index (Phi) is 11.4. The molecular weight excluding hydrogens is 657 g/mol. The van der Waals surface area contributed by atoms with Crippen LogP contribution in [0.15, 0.2) is 54.9 Å². The number of likely N-dealkylation sites (tertiary alicyclic amines) is 1. The van der Waals surface area contributed by atoms with Gasteiger partial charge in [-0.25, -0.2) is 9.97 Å². The molecule has 272 valence electrons. The molecule has 3 atom stereocenters. The largest absolute Gasteiger partial charge is 0.481 e. The summed E-state index contributed by atoms with van der Waals surface area (Å²) in [5.74, 6) is 1.69. The van der Waals surface area contributed by atoms with Gasteiger partial charge in [0.05, 0.1) is 10.8 Å². The molecule has 3 aliphatic rings. The quantitative estimate of drug-likeness (QED) is 0.207. The van der Waals surface area contributed by atoms with Crippen molar-refractivity contribution in [3.8, 4) is 11.4 Å². The first-order valence-electron chi connectivity index (χ1n) is 18.9. The predicted octanol–water partition coefficient (Wildman–Crippen LogP) is 8.42. The van der Waals surface area contributed by atoms with E-state index < -0.39 is 17.9 Å². The Hall–Kier alpha value is -3.85. The van der Waals surface area contributed by atoms with E-state index in [1.54, 1.807) is 6.07 Å². The zero-order chi connectivity index (χ0) is 36.3.